The minimum atomic E-state index is -0.252. The molecule has 0 aliphatic rings. The summed E-state index contributed by atoms with van der Waals surface area (Å²) in [6.45, 7) is 14.3. The minimum Gasteiger partial charge on any atom is -0.497 e. The van der Waals surface area contributed by atoms with Crippen molar-refractivity contribution in [1.82, 2.24) is 15.1 Å². The summed E-state index contributed by atoms with van der Waals surface area (Å²) >= 11 is 0. The van der Waals surface area contributed by atoms with Crippen molar-refractivity contribution in [3.63, 3.8) is 0 Å². The van der Waals surface area contributed by atoms with Gasteiger partial charge in [-0.25, -0.2) is 4.39 Å². The molecule has 3 N–H and O–H groups in total. The number of halogens is 1. The number of amides is 1. The Kier molecular flexibility index (Phi) is 29.3. The van der Waals surface area contributed by atoms with E-state index in [-0.39, 0.29) is 17.9 Å². The Morgan fingerprint density at radius 1 is 0.927 bits per heavy atom. The average Bonchev–Trinajstić information content (AvgIpc) is 3.02. The molecule has 0 aromatic heterocycles. The molecule has 0 aliphatic heterocycles. The molecule has 9 heteroatoms. The topological polar surface area (TPSA) is 105 Å². The van der Waals surface area contributed by atoms with Gasteiger partial charge in [0.25, 0.3) is 0 Å². The van der Waals surface area contributed by atoms with E-state index in [1.165, 1.54) is 24.7 Å². The lowest BCUT2D eigenvalue weighted by atomic mass is 9.91. The van der Waals surface area contributed by atoms with Crippen LogP contribution in [0.2, 0.25) is 0 Å². The normalized spacial score (nSPS) is 11.8. The summed E-state index contributed by atoms with van der Waals surface area (Å²) in [6, 6.07) is 14.3. The molecule has 234 valence electrons. The predicted molar refractivity (Wildman–Crippen MR) is 168 cm³/mol. The highest BCUT2D eigenvalue weighted by Gasteiger charge is 2.17. The Labute approximate surface area is 248 Å². The molecule has 1 amide bonds. The number of nitrogens with one attached hydrogen (secondary N) is 1. The van der Waals surface area contributed by atoms with Crippen LogP contribution in [-0.4, -0.2) is 70.2 Å². The molecule has 2 aromatic carbocycles. The van der Waals surface area contributed by atoms with E-state index in [0.29, 0.717) is 25.4 Å². The molecule has 8 nitrogen and oxygen atoms in total. The molecule has 0 fully saturated rings. The Morgan fingerprint density at radius 2 is 1.41 bits per heavy atom. The smallest absolute Gasteiger partial charge is 0.208 e. The summed E-state index contributed by atoms with van der Waals surface area (Å²) in [5.74, 6) is 1.43. The molecule has 41 heavy (non-hydrogen) atoms. The van der Waals surface area contributed by atoms with Gasteiger partial charge in [-0.2, -0.15) is 0 Å². The van der Waals surface area contributed by atoms with Crippen LogP contribution in [0.3, 0.4) is 0 Å². The molecular formula is C32H55FN4O4. The van der Waals surface area contributed by atoms with Gasteiger partial charge >= 0.3 is 0 Å². The summed E-state index contributed by atoms with van der Waals surface area (Å²) < 4.78 is 18.2. The number of carbonyl (C=O) groups excluding carboxylic acids is 3. The van der Waals surface area contributed by atoms with Gasteiger partial charge in [0.1, 0.15) is 24.6 Å². The van der Waals surface area contributed by atoms with Gasteiger partial charge in [-0.1, -0.05) is 65.3 Å². The molecule has 0 bridgehead atoms. The van der Waals surface area contributed by atoms with Crippen molar-refractivity contribution < 1.29 is 23.5 Å². The fraction of sp³-hybridized carbons (Fsp3) is 0.531. The second kappa shape index (κ2) is 28.4. The van der Waals surface area contributed by atoms with Gasteiger partial charge in [0.05, 0.1) is 13.3 Å². The molecule has 0 spiro atoms. The second-order valence-corrected chi connectivity index (χ2v) is 8.98. The zero-order valence-corrected chi connectivity index (χ0v) is 26.7. The Bertz CT molecular complexity index is 869. The van der Waals surface area contributed by atoms with Crippen molar-refractivity contribution in [3.8, 4) is 5.75 Å². The molecule has 0 radical (unpaired) electrons. The first-order valence-corrected chi connectivity index (χ1v) is 14.1. The third-order valence-corrected chi connectivity index (χ3v) is 6.25. The summed E-state index contributed by atoms with van der Waals surface area (Å²) in [6.07, 6.45) is 3.73. The highest BCUT2D eigenvalue weighted by atomic mass is 19.1. The summed E-state index contributed by atoms with van der Waals surface area (Å²) in [5, 5.41) is 2.86. The second-order valence-electron chi connectivity index (χ2n) is 8.98. The fourth-order valence-corrected chi connectivity index (χ4v) is 3.72. The lowest BCUT2D eigenvalue weighted by molar-refractivity contribution is -0.112. The number of carbonyl (C=O) groups is 3. The Morgan fingerprint density at radius 3 is 1.80 bits per heavy atom. The molecule has 0 saturated heterocycles. The minimum absolute atomic E-state index is 0.152. The number of hydrogen-bond donors (Lipinski definition) is 2. The van der Waals surface area contributed by atoms with Crippen LogP contribution in [0.4, 0.5) is 4.39 Å². The first-order chi connectivity index (χ1) is 19.8. The maximum atomic E-state index is 13.0. The Hall–Kier alpha value is -3.14. The van der Waals surface area contributed by atoms with Gasteiger partial charge < -0.3 is 25.4 Å². The quantitative estimate of drug-likeness (QED) is 0.236. The van der Waals surface area contributed by atoms with E-state index in [1.807, 2.05) is 63.9 Å². The fourth-order valence-electron chi connectivity index (χ4n) is 3.72. The molecule has 0 aliphatic carbocycles. The van der Waals surface area contributed by atoms with E-state index in [9.17, 15) is 14.0 Å². The number of hydrogen-bond acceptors (Lipinski definition) is 7. The van der Waals surface area contributed by atoms with Crippen molar-refractivity contribution in [2.45, 2.75) is 66.7 Å². The zero-order valence-electron chi connectivity index (χ0n) is 26.7. The van der Waals surface area contributed by atoms with Crippen LogP contribution in [0.15, 0.2) is 48.5 Å². The van der Waals surface area contributed by atoms with Crippen molar-refractivity contribution in [2.24, 2.45) is 17.6 Å². The highest BCUT2D eigenvalue weighted by molar-refractivity contribution is 5.53. The van der Waals surface area contributed by atoms with E-state index < -0.39 is 0 Å². The summed E-state index contributed by atoms with van der Waals surface area (Å²) in [4.78, 5) is 33.5. The van der Waals surface area contributed by atoms with Crippen molar-refractivity contribution in [3.05, 3.63) is 65.5 Å². The van der Waals surface area contributed by atoms with Crippen LogP contribution < -0.4 is 15.8 Å². The van der Waals surface area contributed by atoms with Crippen LogP contribution in [-0.2, 0) is 27.5 Å². The van der Waals surface area contributed by atoms with Gasteiger partial charge in [0.2, 0.25) is 6.41 Å². The number of aldehydes is 1. The lowest BCUT2D eigenvalue weighted by Gasteiger charge is -2.31. The van der Waals surface area contributed by atoms with E-state index in [4.69, 9.17) is 9.53 Å². The van der Waals surface area contributed by atoms with Crippen molar-refractivity contribution in [2.75, 3.05) is 34.8 Å². The average molecular weight is 579 g/mol. The molecule has 0 saturated carbocycles. The number of methoxy groups -OCH3 is 1. The Balaban J connectivity index is -0.000000808. The van der Waals surface area contributed by atoms with Gasteiger partial charge in [-0.05, 0) is 68.9 Å². The van der Waals surface area contributed by atoms with E-state index in [0.717, 1.165) is 37.0 Å². The van der Waals surface area contributed by atoms with Gasteiger partial charge in [-0.15, -0.1) is 0 Å². The number of ether oxygens (including phenoxy) is 1. The molecule has 2 aromatic rings. The molecule has 2 unspecified atom stereocenters. The van der Waals surface area contributed by atoms with E-state index in [2.05, 4.69) is 36.7 Å². The van der Waals surface area contributed by atoms with Gasteiger partial charge in [-0.3, -0.25) is 14.6 Å². The van der Waals surface area contributed by atoms with Crippen LogP contribution in [0.25, 0.3) is 0 Å². The molecule has 2 rings (SSSR count). The SMILES string of the molecule is C=O.CC.CCC(C)[C@@H](C=O)CC.CN.COc1ccc(CN(C)CC(NC=O)N(C)Cc2ccc(F)cc2)cc1. The standard InChI is InChI=1S/C20H26FN3O2.C8H16O.C2H6.CH5N.CH2O/c1-23(12-16-6-10-19(26-3)11-7-16)14-20(22-15-25)24(2)13-17-4-8-18(21)9-5-17;1-4-7(3)8(5-2)6-9;3*1-2/h4-11,15,20H,12-14H2,1-3H3,(H,22,25);6-8H,4-5H2,1-3H3;1-2H3;2H2,1H3;1H2/t;7?,8-;;;/m.1.../s1. The molecular weight excluding hydrogens is 523 g/mol. The van der Waals surface area contributed by atoms with Crippen LogP contribution in [0, 0.1) is 17.7 Å². The van der Waals surface area contributed by atoms with Crippen LogP contribution in [0.1, 0.15) is 58.6 Å². The van der Waals surface area contributed by atoms with Crippen LogP contribution in [0.5, 0.6) is 5.75 Å². The van der Waals surface area contributed by atoms with Crippen LogP contribution >= 0.6 is 0 Å². The largest absolute Gasteiger partial charge is 0.497 e. The third-order valence-electron chi connectivity index (χ3n) is 6.25. The number of benzene rings is 2. The maximum absolute atomic E-state index is 13.0. The maximum Gasteiger partial charge on any atom is 0.208 e. The van der Waals surface area contributed by atoms with Gasteiger partial charge in [0.15, 0.2) is 0 Å². The predicted octanol–water partition coefficient (Wildman–Crippen LogP) is 5.14. The number of rotatable bonds is 14. The van der Waals surface area contributed by atoms with E-state index >= 15 is 0 Å². The molecule has 3 atom stereocenters. The summed E-state index contributed by atoms with van der Waals surface area (Å²) in [5.41, 5.74) is 6.66. The number of likely N-dealkylation sites (N-methyl/N-ethyl adjacent to an activating group) is 2. The zero-order chi connectivity index (χ0) is 32.2. The van der Waals surface area contributed by atoms with Gasteiger partial charge in [0, 0.05) is 25.6 Å². The first kappa shape index (κ1) is 42.3. The third kappa shape index (κ3) is 19.6. The molecule has 0 heterocycles. The van der Waals surface area contributed by atoms with E-state index in [1.54, 1.807) is 19.2 Å². The number of nitrogens with zero attached hydrogens (tertiary/aromatic N) is 2. The van der Waals surface area contributed by atoms with Crippen molar-refractivity contribution in [1.29, 1.82) is 0 Å². The first-order valence-electron chi connectivity index (χ1n) is 14.1. The summed E-state index contributed by atoms with van der Waals surface area (Å²) in [7, 11) is 7.09. The number of nitrogens with two attached hydrogens (primary N) is 1. The lowest BCUT2D eigenvalue weighted by Crippen LogP contribution is -2.49. The van der Waals surface area contributed by atoms with Crippen molar-refractivity contribution >= 4 is 19.5 Å². The highest BCUT2D eigenvalue weighted by Crippen LogP contribution is 2.15. The monoisotopic (exact) mass is 578 g/mol.